The first-order chi connectivity index (χ1) is 17.5. The van der Waals surface area contributed by atoms with Crippen molar-refractivity contribution >= 4 is 34.8 Å². The number of nitrogens with zero attached hydrogens (tertiary/aromatic N) is 1. The SMILES string of the molecule is CCOc1ccc(N2C[C@@H](C(=O)NNc3cccc(OC)c3OCc3ccccc3Cl)CC2=O)cc1. The first-order valence-corrected chi connectivity index (χ1v) is 12.0. The molecule has 3 aromatic carbocycles. The van der Waals surface area contributed by atoms with E-state index >= 15 is 0 Å². The normalized spacial score (nSPS) is 14.9. The summed E-state index contributed by atoms with van der Waals surface area (Å²) in [7, 11) is 1.54. The Morgan fingerprint density at radius 2 is 1.83 bits per heavy atom. The number of carbonyl (C=O) groups excluding carboxylic acids is 2. The molecule has 1 atom stereocenters. The summed E-state index contributed by atoms with van der Waals surface area (Å²) in [5.74, 6) is 0.755. The van der Waals surface area contributed by atoms with Crippen LogP contribution >= 0.6 is 11.6 Å². The molecule has 1 aliphatic rings. The molecule has 1 fully saturated rings. The predicted octanol–water partition coefficient (Wildman–Crippen LogP) is 4.82. The lowest BCUT2D eigenvalue weighted by Crippen LogP contribution is -2.36. The smallest absolute Gasteiger partial charge is 0.243 e. The fraction of sp³-hybridized carbons (Fsp3) is 0.259. The van der Waals surface area contributed by atoms with Crippen molar-refractivity contribution in [3.8, 4) is 17.2 Å². The van der Waals surface area contributed by atoms with Gasteiger partial charge < -0.3 is 19.1 Å². The summed E-state index contributed by atoms with van der Waals surface area (Å²) in [4.78, 5) is 27.1. The van der Waals surface area contributed by atoms with Crippen LogP contribution < -0.4 is 30.0 Å². The van der Waals surface area contributed by atoms with Gasteiger partial charge in [0.15, 0.2) is 11.5 Å². The molecule has 8 nitrogen and oxygen atoms in total. The number of anilines is 2. The molecule has 1 aliphatic heterocycles. The Labute approximate surface area is 215 Å². The highest BCUT2D eigenvalue weighted by molar-refractivity contribution is 6.31. The highest BCUT2D eigenvalue weighted by Gasteiger charge is 2.35. The zero-order valence-corrected chi connectivity index (χ0v) is 20.9. The van der Waals surface area contributed by atoms with E-state index in [1.165, 1.54) is 0 Å². The molecule has 0 radical (unpaired) electrons. The van der Waals surface area contributed by atoms with Gasteiger partial charge in [0.05, 0.1) is 25.3 Å². The molecular formula is C27H28ClN3O5. The van der Waals surface area contributed by atoms with Crippen molar-refractivity contribution in [2.75, 3.05) is 30.6 Å². The number of rotatable bonds is 10. The minimum Gasteiger partial charge on any atom is -0.494 e. The van der Waals surface area contributed by atoms with E-state index in [0.29, 0.717) is 28.8 Å². The summed E-state index contributed by atoms with van der Waals surface area (Å²) < 4.78 is 16.9. The van der Waals surface area contributed by atoms with E-state index in [9.17, 15) is 9.59 Å². The molecule has 0 aromatic heterocycles. The van der Waals surface area contributed by atoms with Crippen molar-refractivity contribution in [3.63, 3.8) is 0 Å². The van der Waals surface area contributed by atoms with Gasteiger partial charge in [-0.15, -0.1) is 0 Å². The van der Waals surface area contributed by atoms with E-state index in [0.717, 1.165) is 17.0 Å². The van der Waals surface area contributed by atoms with Crippen molar-refractivity contribution < 1.29 is 23.8 Å². The highest BCUT2D eigenvalue weighted by atomic mass is 35.5. The minimum atomic E-state index is -0.505. The second-order valence-corrected chi connectivity index (χ2v) is 8.57. The van der Waals surface area contributed by atoms with Crippen LogP contribution in [0.25, 0.3) is 0 Å². The van der Waals surface area contributed by atoms with Gasteiger partial charge in [-0.2, -0.15) is 0 Å². The molecule has 0 bridgehead atoms. The summed E-state index contributed by atoms with van der Waals surface area (Å²) in [6.45, 7) is 2.98. The Balaban J connectivity index is 1.40. The van der Waals surface area contributed by atoms with E-state index < -0.39 is 5.92 Å². The van der Waals surface area contributed by atoms with Crippen LogP contribution in [-0.4, -0.2) is 32.1 Å². The second-order valence-electron chi connectivity index (χ2n) is 8.16. The zero-order valence-electron chi connectivity index (χ0n) is 20.1. The van der Waals surface area contributed by atoms with Crippen LogP contribution in [0.1, 0.15) is 18.9 Å². The number of carbonyl (C=O) groups is 2. The molecule has 0 spiro atoms. The van der Waals surface area contributed by atoms with Crippen molar-refractivity contribution in [1.29, 1.82) is 0 Å². The predicted molar refractivity (Wildman–Crippen MR) is 139 cm³/mol. The van der Waals surface area contributed by atoms with E-state index in [-0.39, 0.29) is 31.4 Å². The average molecular weight is 510 g/mol. The number of nitrogens with one attached hydrogen (secondary N) is 2. The number of ether oxygens (including phenoxy) is 3. The Morgan fingerprint density at radius 1 is 1.06 bits per heavy atom. The molecule has 2 amide bonds. The second kappa shape index (κ2) is 11.7. The molecule has 0 saturated carbocycles. The van der Waals surface area contributed by atoms with Crippen LogP contribution in [0.4, 0.5) is 11.4 Å². The monoisotopic (exact) mass is 509 g/mol. The van der Waals surface area contributed by atoms with Gasteiger partial charge in [-0.25, -0.2) is 0 Å². The third kappa shape index (κ3) is 5.83. The molecule has 188 valence electrons. The third-order valence-corrected chi connectivity index (χ3v) is 6.17. The molecular weight excluding hydrogens is 482 g/mol. The minimum absolute atomic E-state index is 0.107. The average Bonchev–Trinajstić information content (AvgIpc) is 3.29. The van der Waals surface area contributed by atoms with Gasteiger partial charge in [-0.05, 0) is 49.4 Å². The number of methoxy groups -OCH3 is 1. The summed E-state index contributed by atoms with van der Waals surface area (Å²) >= 11 is 6.25. The number of hydrazine groups is 1. The van der Waals surface area contributed by atoms with Crippen LogP contribution in [0.15, 0.2) is 66.7 Å². The van der Waals surface area contributed by atoms with Crippen LogP contribution in [0.3, 0.4) is 0 Å². The number of amides is 2. The largest absolute Gasteiger partial charge is 0.494 e. The van der Waals surface area contributed by atoms with E-state index in [2.05, 4.69) is 10.9 Å². The van der Waals surface area contributed by atoms with Gasteiger partial charge in [0, 0.05) is 29.2 Å². The lowest BCUT2D eigenvalue weighted by molar-refractivity contribution is -0.125. The molecule has 3 aromatic rings. The fourth-order valence-corrected chi connectivity index (χ4v) is 4.13. The maximum absolute atomic E-state index is 12.9. The number of para-hydroxylation sites is 1. The Hall–Kier alpha value is -3.91. The quantitative estimate of drug-likeness (QED) is 0.381. The fourth-order valence-electron chi connectivity index (χ4n) is 3.94. The highest BCUT2D eigenvalue weighted by Crippen LogP contribution is 2.36. The lowest BCUT2D eigenvalue weighted by Gasteiger charge is -2.19. The molecule has 36 heavy (non-hydrogen) atoms. The summed E-state index contributed by atoms with van der Waals surface area (Å²) in [6, 6.07) is 20.0. The Morgan fingerprint density at radius 3 is 2.56 bits per heavy atom. The molecule has 1 heterocycles. The molecule has 9 heteroatoms. The maximum Gasteiger partial charge on any atom is 0.243 e. The zero-order chi connectivity index (χ0) is 25.5. The lowest BCUT2D eigenvalue weighted by atomic mass is 10.1. The van der Waals surface area contributed by atoms with Gasteiger partial charge in [0.2, 0.25) is 11.8 Å². The number of benzene rings is 3. The van der Waals surface area contributed by atoms with Crippen LogP contribution in [0.5, 0.6) is 17.2 Å². The molecule has 2 N–H and O–H groups in total. The Bertz CT molecular complexity index is 1220. The van der Waals surface area contributed by atoms with Gasteiger partial charge in [0.25, 0.3) is 0 Å². The standard InChI is InChI=1S/C27H28ClN3O5/c1-3-35-21-13-11-20(12-14-21)31-16-19(15-25(31)32)27(33)30-29-23-9-6-10-24(34-2)26(23)36-17-18-7-4-5-8-22(18)28/h4-14,19,29H,3,15-17H2,1-2H3,(H,30,33)/t19-/m0/s1. The first kappa shape index (κ1) is 25.2. The first-order valence-electron chi connectivity index (χ1n) is 11.6. The van der Waals surface area contributed by atoms with Crippen LogP contribution in [0.2, 0.25) is 5.02 Å². The Kier molecular flexibility index (Phi) is 8.17. The van der Waals surface area contributed by atoms with Crippen LogP contribution in [-0.2, 0) is 16.2 Å². The van der Waals surface area contributed by atoms with Crippen molar-refractivity contribution in [3.05, 3.63) is 77.3 Å². The van der Waals surface area contributed by atoms with Crippen molar-refractivity contribution in [2.24, 2.45) is 5.92 Å². The van der Waals surface area contributed by atoms with E-state index in [1.807, 2.05) is 49.4 Å². The summed E-state index contributed by atoms with van der Waals surface area (Å²) in [6.07, 6.45) is 0.120. The maximum atomic E-state index is 12.9. The van der Waals surface area contributed by atoms with Crippen LogP contribution in [0, 0.1) is 5.92 Å². The molecule has 0 aliphatic carbocycles. The summed E-state index contributed by atoms with van der Waals surface area (Å²) in [5, 5.41) is 0.596. The third-order valence-electron chi connectivity index (χ3n) is 5.80. The number of hydrogen-bond acceptors (Lipinski definition) is 6. The number of hydrogen-bond donors (Lipinski definition) is 2. The molecule has 0 unspecified atom stereocenters. The summed E-state index contributed by atoms with van der Waals surface area (Å²) in [5.41, 5.74) is 7.70. The van der Waals surface area contributed by atoms with Gasteiger partial charge in [-0.1, -0.05) is 35.9 Å². The molecule has 1 saturated heterocycles. The van der Waals surface area contributed by atoms with Crippen molar-refractivity contribution in [2.45, 2.75) is 20.0 Å². The van der Waals surface area contributed by atoms with Gasteiger partial charge in [-0.3, -0.25) is 20.4 Å². The van der Waals surface area contributed by atoms with E-state index in [1.54, 1.807) is 36.3 Å². The molecule has 4 rings (SSSR count). The number of halogens is 1. The van der Waals surface area contributed by atoms with E-state index in [4.69, 9.17) is 25.8 Å². The van der Waals surface area contributed by atoms with Gasteiger partial charge in [0.1, 0.15) is 12.4 Å². The topological polar surface area (TPSA) is 89.1 Å². The van der Waals surface area contributed by atoms with Gasteiger partial charge >= 0.3 is 0 Å². The van der Waals surface area contributed by atoms with Crippen molar-refractivity contribution in [1.82, 2.24) is 5.43 Å².